The van der Waals surface area contributed by atoms with Gasteiger partial charge in [-0.3, -0.25) is 0 Å². The van der Waals surface area contributed by atoms with Gasteiger partial charge in [0.05, 0.1) is 18.7 Å². The van der Waals surface area contributed by atoms with Gasteiger partial charge in [0.15, 0.2) is 0 Å². The van der Waals surface area contributed by atoms with E-state index in [4.69, 9.17) is 9.84 Å². The molecule has 1 aromatic carbocycles. The van der Waals surface area contributed by atoms with Crippen LogP contribution in [0.4, 0.5) is 18.0 Å². The Morgan fingerprint density at radius 1 is 1.40 bits per heavy atom. The highest BCUT2D eigenvalue weighted by Gasteiger charge is 2.37. The average Bonchev–Trinajstić information content (AvgIpc) is 2.32. The smallest absolute Gasteiger partial charge is 0.419 e. The first-order valence-electron chi connectivity index (χ1n) is 5.88. The van der Waals surface area contributed by atoms with Crippen molar-refractivity contribution < 1.29 is 27.8 Å². The van der Waals surface area contributed by atoms with E-state index in [0.717, 1.165) is 6.07 Å². The molecule has 0 atom stereocenters. The highest BCUT2D eigenvalue weighted by atomic mass is 19.4. The van der Waals surface area contributed by atoms with Crippen LogP contribution in [0.25, 0.3) is 0 Å². The number of aliphatic hydroxyl groups is 1. The molecule has 1 saturated heterocycles. The Morgan fingerprint density at radius 3 is 2.65 bits per heavy atom. The van der Waals surface area contributed by atoms with Gasteiger partial charge in [-0.05, 0) is 12.1 Å². The maximum Gasteiger partial charge on any atom is 0.419 e. The second-order valence-electron chi connectivity index (χ2n) is 4.28. The monoisotopic (exact) mass is 290 g/mol. The molecule has 8 heteroatoms. The summed E-state index contributed by atoms with van der Waals surface area (Å²) in [6.45, 7) is -0.131. The number of urea groups is 1. The Labute approximate surface area is 112 Å². The molecule has 2 rings (SSSR count). The van der Waals surface area contributed by atoms with E-state index in [-0.39, 0.29) is 18.8 Å². The molecule has 20 heavy (non-hydrogen) atoms. The molecule has 0 unspecified atom stereocenters. The van der Waals surface area contributed by atoms with Crippen molar-refractivity contribution in [2.75, 3.05) is 19.8 Å². The van der Waals surface area contributed by atoms with Crippen molar-refractivity contribution in [2.24, 2.45) is 0 Å². The summed E-state index contributed by atoms with van der Waals surface area (Å²) in [5.41, 5.74) is -0.835. The van der Waals surface area contributed by atoms with Crippen LogP contribution in [-0.2, 0) is 6.18 Å². The van der Waals surface area contributed by atoms with Crippen LogP contribution in [-0.4, -0.2) is 42.0 Å². The second-order valence-corrected chi connectivity index (χ2v) is 4.28. The molecule has 2 N–H and O–H groups in total. The molecule has 1 fully saturated rings. The first-order chi connectivity index (χ1) is 9.41. The molecule has 1 aromatic rings. The minimum atomic E-state index is -4.48. The quantitative estimate of drug-likeness (QED) is 0.828. The number of ether oxygens (including phenoxy) is 1. The number of nitrogens with one attached hydrogen (secondary N) is 1. The molecule has 1 heterocycles. The van der Waals surface area contributed by atoms with Gasteiger partial charge in [-0.15, -0.1) is 0 Å². The minimum absolute atomic E-state index is 0.179. The molecule has 110 valence electrons. The van der Waals surface area contributed by atoms with E-state index in [1.807, 2.05) is 0 Å². The summed E-state index contributed by atoms with van der Waals surface area (Å²) in [4.78, 5) is 12.6. The topological polar surface area (TPSA) is 61.8 Å². The van der Waals surface area contributed by atoms with E-state index < -0.39 is 30.6 Å². The molecule has 0 bridgehead atoms. The van der Waals surface area contributed by atoms with Crippen LogP contribution in [0.15, 0.2) is 24.3 Å². The number of aliphatic hydroxyl groups excluding tert-OH is 1. The summed E-state index contributed by atoms with van der Waals surface area (Å²) in [7, 11) is 0. The van der Waals surface area contributed by atoms with Gasteiger partial charge >= 0.3 is 12.2 Å². The Balaban J connectivity index is 1.95. The normalized spacial score (nSPS) is 15.7. The van der Waals surface area contributed by atoms with Crippen LogP contribution >= 0.6 is 0 Å². The Bertz CT molecular complexity index is 487. The molecule has 1 aliphatic heterocycles. The predicted octanol–water partition coefficient (Wildman–Crippen LogP) is 1.43. The lowest BCUT2D eigenvalue weighted by atomic mass is 10.1. The third-order valence-electron chi connectivity index (χ3n) is 2.85. The number of hydrogen-bond donors (Lipinski definition) is 2. The van der Waals surface area contributed by atoms with Crippen LogP contribution in [0.5, 0.6) is 5.75 Å². The first kappa shape index (κ1) is 14.4. The third-order valence-corrected chi connectivity index (χ3v) is 2.85. The number of amides is 2. The summed E-state index contributed by atoms with van der Waals surface area (Å²) in [6.07, 6.45) is -4.96. The lowest BCUT2D eigenvalue weighted by Gasteiger charge is -2.39. The number of nitrogens with zero attached hydrogens (tertiary/aromatic N) is 1. The van der Waals surface area contributed by atoms with E-state index in [9.17, 15) is 18.0 Å². The zero-order chi connectivity index (χ0) is 14.8. The van der Waals surface area contributed by atoms with Crippen molar-refractivity contribution in [1.82, 2.24) is 10.2 Å². The van der Waals surface area contributed by atoms with E-state index >= 15 is 0 Å². The molecular weight excluding hydrogens is 277 g/mol. The molecule has 0 aliphatic carbocycles. The van der Waals surface area contributed by atoms with E-state index in [1.54, 1.807) is 0 Å². The van der Waals surface area contributed by atoms with Crippen LogP contribution < -0.4 is 10.1 Å². The van der Waals surface area contributed by atoms with Gasteiger partial charge in [0.1, 0.15) is 18.6 Å². The number of carbonyl (C=O) groups is 1. The predicted molar refractivity (Wildman–Crippen MR) is 63.1 cm³/mol. The molecule has 0 radical (unpaired) electrons. The standard InChI is InChI=1S/C12H13F3N2O3/c13-12(14,15)9-3-1-2-4-10(9)20-8-5-17(6-8)11(19)16-7-18/h1-4,8,18H,5-7H2,(H,16,19). The number of carbonyl (C=O) groups excluding carboxylic acids is 1. The number of halogens is 3. The maximum absolute atomic E-state index is 12.7. The Kier molecular flexibility index (Phi) is 4.03. The number of rotatable bonds is 3. The summed E-state index contributed by atoms with van der Waals surface area (Å²) in [5, 5.41) is 10.7. The summed E-state index contributed by atoms with van der Waals surface area (Å²) in [5.74, 6) is -0.243. The fraction of sp³-hybridized carbons (Fsp3) is 0.417. The highest BCUT2D eigenvalue weighted by Crippen LogP contribution is 2.36. The molecule has 0 spiro atoms. The van der Waals surface area contributed by atoms with Crippen LogP contribution in [0.3, 0.4) is 0 Å². The lowest BCUT2D eigenvalue weighted by Crippen LogP contribution is -2.59. The molecule has 1 aliphatic rings. The van der Waals surface area contributed by atoms with Gasteiger partial charge < -0.3 is 20.1 Å². The summed E-state index contributed by atoms with van der Waals surface area (Å²) in [6, 6.07) is 4.47. The number of para-hydroxylation sites is 1. The van der Waals surface area contributed by atoms with Gasteiger partial charge in [-0.25, -0.2) is 4.79 Å². The van der Waals surface area contributed by atoms with Crippen molar-refractivity contribution in [2.45, 2.75) is 12.3 Å². The molecule has 0 saturated carbocycles. The lowest BCUT2D eigenvalue weighted by molar-refractivity contribution is -0.139. The molecule has 5 nitrogen and oxygen atoms in total. The fourth-order valence-corrected chi connectivity index (χ4v) is 1.84. The fourth-order valence-electron chi connectivity index (χ4n) is 1.84. The van der Waals surface area contributed by atoms with Crippen molar-refractivity contribution in [1.29, 1.82) is 0 Å². The summed E-state index contributed by atoms with van der Waals surface area (Å²) < 4.78 is 43.5. The largest absolute Gasteiger partial charge is 0.486 e. The van der Waals surface area contributed by atoms with Gasteiger partial charge in [-0.1, -0.05) is 12.1 Å². The first-order valence-corrected chi connectivity index (χ1v) is 5.88. The van der Waals surface area contributed by atoms with Crippen LogP contribution in [0.1, 0.15) is 5.56 Å². The van der Waals surface area contributed by atoms with Crippen LogP contribution in [0, 0.1) is 0 Å². The number of benzene rings is 1. The zero-order valence-electron chi connectivity index (χ0n) is 10.4. The second kappa shape index (κ2) is 5.58. The van der Waals surface area contributed by atoms with Crippen molar-refractivity contribution in [3.8, 4) is 5.75 Å². The summed E-state index contributed by atoms with van der Waals surface area (Å²) >= 11 is 0. The average molecular weight is 290 g/mol. The van der Waals surface area contributed by atoms with Crippen molar-refractivity contribution in [3.05, 3.63) is 29.8 Å². The van der Waals surface area contributed by atoms with E-state index in [0.29, 0.717) is 0 Å². The molecule has 0 aromatic heterocycles. The SMILES string of the molecule is O=C(NCO)N1CC(Oc2ccccc2C(F)(F)F)C1. The van der Waals surface area contributed by atoms with Gasteiger partial charge in [0.2, 0.25) is 0 Å². The number of alkyl halides is 3. The molecule has 2 amide bonds. The highest BCUT2D eigenvalue weighted by molar-refractivity contribution is 5.75. The number of likely N-dealkylation sites (tertiary alicyclic amines) is 1. The van der Waals surface area contributed by atoms with Gasteiger partial charge in [0, 0.05) is 0 Å². The Morgan fingerprint density at radius 2 is 2.05 bits per heavy atom. The Hall–Kier alpha value is -1.96. The van der Waals surface area contributed by atoms with Crippen LogP contribution in [0.2, 0.25) is 0 Å². The van der Waals surface area contributed by atoms with E-state index in [2.05, 4.69) is 5.32 Å². The molecular formula is C12H13F3N2O3. The van der Waals surface area contributed by atoms with Crippen molar-refractivity contribution in [3.63, 3.8) is 0 Å². The van der Waals surface area contributed by atoms with Gasteiger partial charge in [0.25, 0.3) is 0 Å². The van der Waals surface area contributed by atoms with Crippen molar-refractivity contribution >= 4 is 6.03 Å². The number of hydrogen-bond acceptors (Lipinski definition) is 3. The van der Waals surface area contributed by atoms with Gasteiger partial charge in [-0.2, -0.15) is 13.2 Å². The van der Waals surface area contributed by atoms with E-state index in [1.165, 1.54) is 23.1 Å². The maximum atomic E-state index is 12.7. The minimum Gasteiger partial charge on any atom is -0.486 e. The third kappa shape index (κ3) is 3.13. The zero-order valence-corrected chi connectivity index (χ0v) is 10.4.